The van der Waals surface area contributed by atoms with Crippen molar-refractivity contribution >= 4 is 23.6 Å². The van der Waals surface area contributed by atoms with E-state index in [9.17, 15) is 9.59 Å². The molecule has 4 nitrogen and oxygen atoms in total. The zero-order valence-corrected chi connectivity index (χ0v) is 14.4. The van der Waals surface area contributed by atoms with Crippen LogP contribution >= 0.6 is 11.8 Å². The maximum absolute atomic E-state index is 13.1. The normalized spacial score (nSPS) is 30.1. The van der Waals surface area contributed by atoms with Gasteiger partial charge in [-0.2, -0.15) is 11.8 Å². The summed E-state index contributed by atoms with van der Waals surface area (Å²) in [5, 5.41) is 3.55. The van der Waals surface area contributed by atoms with Gasteiger partial charge in [-0.15, -0.1) is 0 Å². The molecule has 1 heterocycles. The molecule has 0 aromatic heterocycles. The first-order valence-electron chi connectivity index (χ1n) is 8.84. The summed E-state index contributed by atoms with van der Waals surface area (Å²) < 4.78 is 0. The molecule has 124 valence electrons. The molecule has 0 spiro atoms. The van der Waals surface area contributed by atoms with Crippen molar-refractivity contribution in [2.75, 3.05) is 12.3 Å². The van der Waals surface area contributed by atoms with Crippen LogP contribution in [0.1, 0.15) is 58.3 Å². The molecule has 0 unspecified atom stereocenters. The Kier molecular flexibility index (Phi) is 5.32. The molecule has 0 aromatic rings. The fraction of sp³-hybridized carbons (Fsp3) is 0.882. The van der Waals surface area contributed by atoms with Crippen LogP contribution in [0.15, 0.2) is 0 Å². The predicted molar refractivity (Wildman–Crippen MR) is 89.8 cm³/mol. The van der Waals surface area contributed by atoms with Crippen molar-refractivity contribution in [1.29, 1.82) is 0 Å². The zero-order chi connectivity index (χ0) is 15.5. The molecule has 0 bridgehead atoms. The number of rotatable bonds is 4. The molecule has 0 aromatic carbocycles. The highest BCUT2D eigenvalue weighted by Gasteiger charge is 2.39. The van der Waals surface area contributed by atoms with Gasteiger partial charge in [-0.1, -0.05) is 32.1 Å². The van der Waals surface area contributed by atoms with Crippen molar-refractivity contribution in [3.8, 4) is 0 Å². The predicted octanol–water partition coefficient (Wildman–Crippen LogP) is 2.57. The first-order valence-corrected chi connectivity index (χ1v) is 9.89. The van der Waals surface area contributed by atoms with E-state index >= 15 is 0 Å². The van der Waals surface area contributed by atoms with Crippen molar-refractivity contribution in [2.24, 2.45) is 5.92 Å². The summed E-state index contributed by atoms with van der Waals surface area (Å²) in [6.07, 6.45) is 9.45. The SMILES string of the molecule is CC(=O)N[C@H](CC1CCC1)C(=O)N1CCS[C@H]2CCCC[C@H]21. The van der Waals surface area contributed by atoms with E-state index in [2.05, 4.69) is 10.2 Å². The van der Waals surface area contributed by atoms with Crippen molar-refractivity contribution in [1.82, 2.24) is 10.2 Å². The molecule has 2 amide bonds. The van der Waals surface area contributed by atoms with E-state index in [1.165, 1.54) is 45.4 Å². The third-order valence-corrected chi connectivity index (χ3v) is 6.88. The summed E-state index contributed by atoms with van der Waals surface area (Å²) in [5.74, 6) is 1.77. The van der Waals surface area contributed by atoms with E-state index in [0.717, 1.165) is 25.1 Å². The molecular formula is C17H28N2O2S. The van der Waals surface area contributed by atoms with Gasteiger partial charge in [0.25, 0.3) is 0 Å². The molecule has 3 rings (SSSR count). The van der Waals surface area contributed by atoms with Gasteiger partial charge in [-0.25, -0.2) is 0 Å². The molecule has 1 aliphatic heterocycles. The van der Waals surface area contributed by atoms with Crippen LogP contribution in [0.4, 0.5) is 0 Å². The minimum atomic E-state index is -0.298. The lowest BCUT2D eigenvalue weighted by atomic mass is 9.80. The van der Waals surface area contributed by atoms with Gasteiger partial charge >= 0.3 is 0 Å². The Balaban J connectivity index is 1.68. The Morgan fingerprint density at radius 1 is 1.18 bits per heavy atom. The van der Waals surface area contributed by atoms with Gasteiger partial charge < -0.3 is 10.2 Å². The molecule has 3 aliphatic rings. The summed E-state index contributed by atoms with van der Waals surface area (Å²) in [6, 6.07) is 0.103. The average molecular weight is 324 g/mol. The van der Waals surface area contributed by atoms with Gasteiger partial charge in [0.05, 0.1) is 0 Å². The summed E-state index contributed by atoms with van der Waals surface area (Å²) in [6.45, 7) is 2.38. The Labute approximate surface area is 137 Å². The largest absolute Gasteiger partial charge is 0.345 e. The Hall–Kier alpha value is -0.710. The van der Waals surface area contributed by atoms with Crippen molar-refractivity contribution in [3.05, 3.63) is 0 Å². The number of thioether (sulfide) groups is 1. The average Bonchev–Trinajstić information content (AvgIpc) is 2.48. The summed E-state index contributed by atoms with van der Waals surface area (Å²) >= 11 is 2.04. The molecule has 1 saturated heterocycles. The fourth-order valence-electron chi connectivity index (χ4n) is 4.10. The van der Waals surface area contributed by atoms with Gasteiger partial charge in [-0.05, 0) is 25.2 Å². The molecule has 5 heteroatoms. The molecule has 3 fully saturated rings. The number of carbonyl (C=O) groups excluding carboxylic acids is 2. The van der Waals surface area contributed by atoms with E-state index in [0.29, 0.717) is 17.2 Å². The van der Waals surface area contributed by atoms with Crippen molar-refractivity contribution < 1.29 is 9.59 Å². The maximum atomic E-state index is 13.1. The van der Waals surface area contributed by atoms with E-state index in [4.69, 9.17) is 0 Å². The summed E-state index contributed by atoms with van der Waals surface area (Å²) in [7, 11) is 0. The van der Waals surface area contributed by atoms with Crippen molar-refractivity contribution in [3.63, 3.8) is 0 Å². The first kappa shape index (κ1) is 16.2. The first-order chi connectivity index (χ1) is 10.6. The van der Waals surface area contributed by atoms with E-state index in [1.54, 1.807) is 0 Å². The minimum absolute atomic E-state index is 0.0794. The Morgan fingerprint density at radius 3 is 2.64 bits per heavy atom. The Morgan fingerprint density at radius 2 is 1.95 bits per heavy atom. The number of hydrogen-bond donors (Lipinski definition) is 1. The molecule has 2 aliphatic carbocycles. The van der Waals surface area contributed by atoms with Crippen molar-refractivity contribution in [2.45, 2.75) is 75.6 Å². The number of fused-ring (bicyclic) bond motifs is 1. The molecule has 1 N–H and O–H groups in total. The van der Waals surface area contributed by atoms with E-state index in [-0.39, 0.29) is 17.9 Å². The number of hydrogen-bond acceptors (Lipinski definition) is 3. The van der Waals surface area contributed by atoms with Crippen LogP contribution in [-0.4, -0.2) is 46.3 Å². The lowest BCUT2D eigenvalue weighted by Gasteiger charge is -2.45. The zero-order valence-electron chi connectivity index (χ0n) is 13.6. The number of nitrogens with one attached hydrogen (secondary N) is 1. The molecule has 0 radical (unpaired) electrons. The van der Waals surface area contributed by atoms with Crippen LogP contribution in [0, 0.1) is 5.92 Å². The smallest absolute Gasteiger partial charge is 0.245 e. The maximum Gasteiger partial charge on any atom is 0.245 e. The highest BCUT2D eigenvalue weighted by atomic mass is 32.2. The third-order valence-electron chi connectivity index (χ3n) is 5.48. The highest BCUT2D eigenvalue weighted by molar-refractivity contribution is 8.00. The third kappa shape index (κ3) is 3.61. The fourth-order valence-corrected chi connectivity index (χ4v) is 5.54. The van der Waals surface area contributed by atoms with E-state index < -0.39 is 0 Å². The van der Waals surface area contributed by atoms with Crippen LogP contribution < -0.4 is 5.32 Å². The lowest BCUT2D eigenvalue weighted by Crippen LogP contribution is -2.57. The van der Waals surface area contributed by atoms with Gasteiger partial charge in [0.2, 0.25) is 11.8 Å². The molecule has 2 saturated carbocycles. The lowest BCUT2D eigenvalue weighted by molar-refractivity contribution is -0.139. The number of carbonyl (C=O) groups is 2. The van der Waals surface area contributed by atoms with Gasteiger partial charge in [0.1, 0.15) is 6.04 Å². The summed E-state index contributed by atoms with van der Waals surface area (Å²) in [4.78, 5) is 26.7. The van der Waals surface area contributed by atoms with Crippen LogP contribution in [0.25, 0.3) is 0 Å². The second-order valence-corrected chi connectivity index (χ2v) is 8.43. The number of amides is 2. The number of nitrogens with zero attached hydrogens (tertiary/aromatic N) is 1. The van der Waals surface area contributed by atoms with Crippen LogP contribution in [-0.2, 0) is 9.59 Å². The Bertz CT molecular complexity index is 423. The molecular weight excluding hydrogens is 296 g/mol. The van der Waals surface area contributed by atoms with Crippen LogP contribution in [0.2, 0.25) is 0 Å². The van der Waals surface area contributed by atoms with Crippen LogP contribution in [0.3, 0.4) is 0 Å². The monoisotopic (exact) mass is 324 g/mol. The second kappa shape index (κ2) is 7.24. The van der Waals surface area contributed by atoms with Gasteiger partial charge in [-0.3, -0.25) is 9.59 Å². The van der Waals surface area contributed by atoms with E-state index in [1.807, 2.05) is 11.8 Å². The molecule has 3 atom stereocenters. The molecule has 22 heavy (non-hydrogen) atoms. The van der Waals surface area contributed by atoms with Gasteiger partial charge in [0, 0.05) is 30.5 Å². The topological polar surface area (TPSA) is 49.4 Å². The van der Waals surface area contributed by atoms with Crippen LogP contribution in [0.5, 0.6) is 0 Å². The van der Waals surface area contributed by atoms with Gasteiger partial charge in [0.15, 0.2) is 0 Å². The summed E-state index contributed by atoms with van der Waals surface area (Å²) in [5.41, 5.74) is 0. The quantitative estimate of drug-likeness (QED) is 0.864. The second-order valence-electron chi connectivity index (χ2n) is 7.08. The minimum Gasteiger partial charge on any atom is -0.345 e. The highest BCUT2D eigenvalue weighted by Crippen LogP contribution is 2.37. The standard InChI is InChI=1S/C17H28N2O2S/c1-12(20)18-14(11-13-5-4-6-13)17(21)19-9-10-22-16-8-3-2-7-15(16)19/h13-16H,2-11H2,1H3,(H,18,20)/t14-,15-,16+/m1/s1.